The van der Waals surface area contributed by atoms with E-state index in [2.05, 4.69) is 6.92 Å². The van der Waals surface area contributed by atoms with Crippen LogP contribution in [-0.2, 0) is 4.74 Å². The average Bonchev–Trinajstić information content (AvgIpc) is 2.32. The molecule has 0 aromatic heterocycles. The molecule has 1 aromatic carbocycles. The van der Waals surface area contributed by atoms with E-state index in [9.17, 15) is 9.18 Å². The van der Waals surface area contributed by atoms with E-state index in [0.29, 0.717) is 5.92 Å². The number of hydrogen-bond acceptors (Lipinski definition) is 2. The summed E-state index contributed by atoms with van der Waals surface area (Å²) in [6, 6.07) is 4.59. The standard InChI is InChI=1S/C15H19FO2/c1-10-7-8-12(13(16)9-10)15(17)18-14-6-4-3-5-11(14)2/h7-9,11,14H,3-6H2,1-2H3. The Balaban J connectivity index is 2.07. The number of hydrogen-bond donors (Lipinski definition) is 0. The van der Waals surface area contributed by atoms with Crippen LogP contribution in [0, 0.1) is 18.7 Å². The van der Waals surface area contributed by atoms with Crippen LogP contribution in [0.4, 0.5) is 4.39 Å². The Hall–Kier alpha value is -1.38. The van der Waals surface area contributed by atoms with Gasteiger partial charge in [0.05, 0.1) is 5.56 Å². The zero-order chi connectivity index (χ0) is 13.1. The van der Waals surface area contributed by atoms with E-state index < -0.39 is 11.8 Å². The van der Waals surface area contributed by atoms with Crippen LogP contribution < -0.4 is 0 Å². The number of aryl methyl sites for hydroxylation is 1. The molecule has 3 heteroatoms. The van der Waals surface area contributed by atoms with E-state index in [0.717, 1.165) is 24.8 Å². The fourth-order valence-corrected chi connectivity index (χ4v) is 2.44. The molecule has 0 heterocycles. The Morgan fingerprint density at radius 2 is 2.06 bits per heavy atom. The summed E-state index contributed by atoms with van der Waals surface area (Å²) in [5, 5.41) is 0. The molecule has 1 aromatic rings. The van der Waals surface area contributed by atoms with Gasteiger partial charge in [0.15, 0.2) is 0 Å². The number of carbonyl (C=O) groups excluding carboxylic acids is 1. The van der Waals surface area contributed by atoms with Crippen LogP contribution in [-0.4, -0.2) is 12.1 Å². The highest BCUT2D eigenvalue weighted by molar-refractivity contribution is 5.89. The highest BCUT2D eigenvalue weighted by Crippen LogP contribution is 2.27. The quantitative estimate of drug-likeness (QED) is 0.745. The summed E-state index contributed by atoms with van der Waals surface area (Å²) >= 11 is 0. The van der Waals surface area contributed by atoms with E-state index in [1.54, 1.807) is 13.0 Å². The van der Waals surface area contributed by atoms with Gasteiger partial charge in [-0.3, -0.25) is 0 Å². The first kappa shape index (κ1) is 13.1. The summed E-state index contributed by atoms with van der Waals surface area (Å²) in [4.78, 5) is 11.9. The lowest BCUT2D eigenvalue weighted by Gasteiger charge is -2.28. The van der Waals surface area contributed by atoms with Gasteiger partial charge in [-0.1, -0.05) is 19.4 Å². The van der Waals surface area contributed by atoms with E-state index in [4.69, 9.17) is 4.74 Å². The van der Waals surface area contributed by atoms with Crippen LogP contribution in [0.1, 0.15) is 48.5 Å². The molecule has 1 aliphatic carbocycles. The Morgan fingerprint density at radius 3 is 2.72 bits per heavy atom. The molecule has 2 nitrogen and oxygen atoms in total. The zero-order valence-electron chi connectivity index (χ0n) is 10.9. The fraction of sp³-hybridized carbons (Fsp3) is 0.533. The lowest BCUT2D eigenvalue weighted by atomic mass is 9.88. The predicted octanol–water partition coefficient (Wildman–Crippen LogP) is 3.87. The third-order valence-electron chi connectivity index (χ3n) is 3.64. The summed E-state index contributed by atoms with van der Waals surface area (Å²) in [6.07, 6.45) is 4.17. The van der Waals surface area contributed by atoms with Gasteiger partial charge in [-0.2, -0.15) is 0 Å². The molecule has 98 valence electrons. The van der Waals surface area contributed by atoms with Crippen molar-refractivity contribution in [1.82, 2.24) is 0 Å². The second-order valence-electron chi connectivity index (χ2n) is 5.19. The minimum Gasteiger partial charge on any atom is -0.458 e. The summed E-state index contributed by atoms with van der Waals surface area (Å²) in [6.45, 7) is 3.88. The Morgan fingerprint density at radius 1 is 1.33 bits per heavy atom. The Labute approximate surface area is 107 Å². The molecule has 0 saturated heterocycles. The van der Waals surface area contributed by atoms with Crippen molar-refractivity contribution < 1.29 is 13.9 Å². The van der Waals surface area contributed by atoms with Crippen molar-refractivity contribution in [2.75, 3.05) is 0 Å². The topological polar surface area (TPSA) is 26.3 Å². The van der Waals surface area contributed by atoms with Crippen molar-refractivity contribution in [3.05, 3.63) is 35.1 Å². The molecular weight excluding hydrogens is 231 g/mol. The lowest BCUT2D eigenvalue weighted by molar-refractivity contribution is 0.00437. The van der Waals surface area contributed by atoms with Crippen LogP contribution in [0.25, 0.3) is 0 Å². The molecule has 1 saturated carbocycles. The number of benzene rings is 1. The summed E-state index contributed by atoms with van der Waals surface area (Å²) in [5.74, 6) is -0.661. The maximum Gasteiger partial charge on any atom is 0.341 e. The first-order valence-electron chi connectivity index (χ1n) is 6.55. The van der Waals surface area contributed by atoms with Crippen molar-refractivity contribution in [2.45, 2.75) is 45.6 Å². The van der Waals surface area contributed by atoms with Crippen molar-refractivity contribution in [2.24, 2.45) is 5.92 Å². The highest BCUT2D eigenvalue weighted by Gasteiger charge is 2.26. The molecule has 0 radical (unpaired) electrons. The molecule has 1 fully saturated rings. The Bertz CT molecular complexity index is 442. The number of halogens is 1. The predicted molar refractivity (Wildman–Crippen MR) is 68.0 cm³/mol. The zero-order valence-corrected chi connectivity index (χ0v) is 10.9. The van der Waals surface area contributed by atoms with Gasteiger partial charge >= 0.3 is 5.97 Å². The molecule has 18 heavy (non-hydrogen) atoms. The first-order valence-corrected chi connectivity index (χ1v) is 6.55. The molecule has 1 aliphatic rings. The monoisotopic (exact) mass is 250 g/mol. The van der Waals surface area contributed by atoms with Gasteiger partial charge in [0, 0.05) is 0 Å². The van der Waals surface area contributed by atoms with Crippen LogP contribution in [0.2, 0.25) is 0 Å². The van der Waals surface area contributed by atoms with Crippen molar-refractivity contribution in [1.29, 1.82) is 0 Å². The molecule has 2 unspecified atom stereocenters. The Kier molecular flexibility index (Phi) is 4.00. The number of ether oxygens (including phenoxy) is 1. The number of esters is 1. The van der Waals surface area contributed by atoms with Gasteiger partial charge in [0.25, 0.3) is 0 Å². The maximum absolute atomic E-state index is 13.7. The van der Waals surface area contributed by atoms with Crippen LogP contribution in [0.15, 0.2) is 18.2 Å². The molecule has 0 N–H and O–H groups in total. The maximum atomic E-state index is 13.7. The summed E-state index contributed by atoms with van der Waals surface area (Å²) < 4.78 is 19.1. The molecule has 2 atom stereocenters. The third-order valence-corrected chi connectivity index (χ3v) is 3.64. The summed E-state index contributed by atoms with van der Waals surface area (Å²) in [5.41, 5.74) is 0.841. The second-order valence-corrected chi connectivity index (χ2v) is 5.19. The molecule has 0 aliphatic heterocycles. The molecule has 0 amide bonds. The highest BCUT2D eigenvalue weighted by atomic mass is 19.1. The van der Waals surface area contributed by atoms with Gasteiger partial charge in [-0.25, -0.2) is 9.18 Å². The molecule has 0 spiro atoms. The van der Waals surface area contributed by atoms with E-state index in [1.165, 1.54) is 18.6 Å². The minimum atomic E-state index is -0.536. The molecular formula is C15H19FO2. The van der Waals surface area contributed by atoms with Crippen LogP contribution in [0.5, 0.6) is 0 Å². The van der Waals surface area contributed by atoms with Crippen molar-refractivity contribution in [3.63, 3.8) is 0 Å². The number of carbonyl (C=O) groups is 1. The van der Waals surface area contributed by atoms with Crippen LogP contribution in [0.3, 0.4) is 0 Å². The van der Waals surface area contributed by atoms with E-state index in [1.807, 2.05) is 0 Å². The van der Waals surface area contributed by atoms with Gasteiger partial charge in [-0.05, 0) is 49.8 Å². The van der Waals surface area contributed by atoms with E-state index >= 15 is 0 Å². The minimum absolute atomic E-state index is 0.0402. The van der Waals surface area contributed by atoms with Gasteiger partial charge in [-0.15, -0.1) is 0 Å². The lowest BCUT2D eigenvalue weighted by Crippen LogP contribution is -2.28. The van der Waals surface area contributed by atoms with Gasteiger partial charge < -0.3 is 4.74 Å². The molecule has 0 bridgehead atoms. The SMILES string of the molecule is Cc1ccc(C(=O)OC2CCCCC2C)c(F)c1. The third kappa shape index (κ3) is 2.89. The van der Waals surface area contributed by atoms with Crippen molar-refractivity contribution >= 4 is 5.97 Å². The number of rotatable bonds is 2. The van der Waals surface area contributed by atoms with E-state index in [-0.39, 0.29) is 11.7 Å². The van der Waals surface area contributed by atoms with Gasteiger partial charge in [0.2, 0.25) is 0 Å². The van der Waals surface area contributed by atoms with Crippen LogP contribution >= 0.6 is 0 Å². The fourth-order valence-electron chi connectivity index (χ4n) is 2.44. The molecule has 2 rings (SSSR count). The normalized spacial score (nSPS) is 23.7. The summed E-state index contributed by atoms with van der Waals surface area (Å²) in [7, 11) is 0. The average molecular weight is 250 g/mol. The largest absolute Gasteiger partial charge is 0.458 e. The second kappa shape index (κ2) is 5.51. The van der Waals surface area contributed by atoms with Crippen molar-refractivity contribution in [3.8, 4) is 0 Å². The first-order chi connectivity index (χ1) is 8.58. The van der Waals surface area contributed by atoms with Gasteiger partial charge in [0.1, 0.15) is 11.9 Å². The smallest absolute Gasteiger partial charge is 0.341 e.